The van der Waals surface area contributed by atoms with Crippen molar-refractivity contribution in [2.75, 3.05) is 0 Å². The summed E-state index contributed by atoms with van der Waals surface area (Å²) in [6.07, 6.45) is 0. The van der Waals surface area contributed by atoms with Gasteiger partial charge in [-0.05, 0) is 73.2 Å². The highest BCUT2D eigenvalue weighted by molar-refractivity contribution is 9.09. The highest BCUT2D eigenvalue weighted by Crippen LogP contribution is 2.37. The molecule has 1 atom stereocenters. The lowest BCUT2D eigenvalue weighted by Gasteiger charge is -2.20. The van der Waals surface area contributed by atoms with Crippen molar-refractivity contribution >= 4 is 15.9 Å². The van der Waals surface area contributed by atoms with E-state index >= 15 is 0 Å². The summed E-state index contributed by atoms with van der Waals surface area (Å²) in [7, 11) is 0. The zero-order valence-corrected chi connectivity index (χ0v) is 13.3. The van der Waals surface area contributed by atoms with Crippen LogP contribution in [0, 0.1) is 33.5 Å². The van der Waals surface area contributed by atoms with Crippen molar-refractivity contribution in [2.45, 2.75) is 32.5 Å². The topological polar surface area (TPSA) is 0 Å². The van der Waals surface area contributed by atoms with Crippen LogP contribution in [0.4, 0.5) is 4.39 Å². The van der Waals surface area contributed by atoms with E-state index in [1.54, 1.807) is 0 Å². The lowest BCUT2D eigenvalue weighted by molar-refractivity contribution is 0.627. The van der Waals surface area contributed by atoms with E-state index in [4.69, 9.17) is 0 Å². The molecule has 2 rings (SSSR count). The third-order valence-corrected chi connectivity index (χ3v) is 4.83. The molecule has 0 amide bonds. The van der Waals surface area contributed by atoms with E-state index in [9.17, 15) is 4.39 Å². The number of alkyl halides is 1. The molecule has 0 aliphatic carbocycles. The third-order valence-electron chi connectivity index (χ3n) is 3.84. The summed E-state index contributed by atoms with van der Waals surface area (Å²) < 4.78 is 13.0. The number of rotatable bonds is 2. The number of benzene rings is 2. The number of halogens is 2. The fraction of sp³-hybridized carbons (Fsp3) is 0.294. The van der Waals surface area contributed by atoms with Gasteiger partial charge in [-0.25, -0.2) is 4.39 Å². The molecule has 0 spiro atoms. The Morgan fingerprint density at radius 1 is 0.895 bits per heavy atom. The van der Waals surface area contributed by atoms with Gasteiger partial charge in [-0.1, -0.05) is 34.1 Å². The summed E-state index contributed by atoms with van der Waals surface area (Å²) in [6, 6.07) is 8.92. The van der Waals surface area contributed by atoms with Gasteiger partial charge in [0.2, 0.25) is 0 Å². The Morgan fingerprint density at radius 2 is 1.37 bits per heavy atom. The Kier molecular flexibility index (Phi) is 4.10. The SMILES string of the molecule is Cc1cc(C)c(C)c(C(Br)c2ccc(F)cc2)c1C. The molecule has 19 heavy (non-hydrogen) atoms. The van der Waals surface area contributed by atoms with Crippen LogP contribution in [0.1, 0.15) is 38.2 Å². The maximum Gasteiger partial charge on any atom is 0.123 e. The standard InChI is InChI=1S/C17H18BrF/c1-10-9-11(2)13(4)16(12(10)3)17(18)14-5-7-15(19)8-6-14/h5-9,17H,1-4H3. The van der Waals surface area contributed by atoms with E-state index < -0.39 is 0 Å². The van der Waals surface area contributed by atoms with Crippen molar-refractivity contribution < 1.29 is 4.39 Å². The highest BCUT2D eigenvalue weighted by Gasteiger charge is 2.17. The van der Waals surface area contributed by atoms with Crippen molar-refractivity contribution in [1.82, 2.24) is 0 Å². The molecule has 2 aromatic rings. The molecule has 0 bridgehead atoms. The molecule has 0 fully saturated rings. The van der Waals surface area contributed by atoms with Crippen molar-refractivity contribution in [3.8, 4) is 0 Å². The molecule has 2 aromatic carbocycles. The van der Waals surface area contributed by atoms with E-state index in [0.717, 1.165) is 5.56 Å². The predicted molar refractivity (Wildman–Crippen MR) is 82.6 cm³/mol. The van der Waals surface area contributed by atoms with E-state index in [2.05, 4.69) is 49.7 Å². The monoisotopic (exact) mass is 320 g/mol. The molecule has 0 aliphatic heterocycles. The van der Waals surface area contributed by atoms with Crippen LogP contribution in [0.25, 0.3) is 0 Å². The van der Waals surface area contributed by atoms with Gasteiger partial charge < -0.3 is 0 Å². The Bertz CT molecular complexity index is 573. The minimum Gasteiger partial charge on any atom is -0.207 e. The number of aryl methyl sites for hydroxylation is 2. The normalized spacial score (nSPS) is 12.5. The van der Waals surface area contributed by atoms with Crippen LogP contribution in [0.2, 0.25) is 0 Å². The molecule has 0 nitrogen and oxygen atoms in total. The van der Waals surface area contributed by atoms with Gasteiger partial charge in [0.25, 0.3) is 0 Å². The van der Waals surface area contributed by atoms with Crippen molar-refractivity contribution in [2.24, 2.45) is 0 Å². The van der Waals surface area contributed by atoms with Crippen LogP contribution >= 0.6 is 15.9 Å². The first-order chi connectivity index (χ1) is 8.91. The van der Waals surface area contributed by atoms with Gasteiger partial charge in [-0.15, -0.1) is 0 Å². The molecule has 1 unspecified atom stereocenters. The predicted octanol–water partition coefficient (Wildman–Crippen LogP) is 5.54. The molecule has 0 radical (unpaired) electrons. The second-order valence-corrected chi connectivity index (χ2v) is 6.00. The summed E-state index contributed by atoms with van der Waals surface area (Å²) in [4.78, 5) is 0.103. The van der Waals surface area contributed by atoms with Gasteiger partial charge in [0, 0.05) is 0 Å². The average molecular weight is 321 g/mol. The van der Waals surface area contributed by atoms with Gasteiger partial charge in [0.05, 0.1) is 4.83 Å². The molecular weight excluding hydrogens is 303 g/mol. The Balaban J connectivity index is 2.55. The largest absolute Gasteiger partial charge is 0.207 e. The molecule has 0 aromatic heterocycles. The molecule has 0 heterocycles. The fourth-order valence-electron chi connectivity index (χ4n) is 2.43. The minimum atomic E-state index is -0.197. The van der Waals surface area contributed by atoms with Crippen molar-refractivity contribution in [3.63, 3.8) is 0 Å². The van der Waals surface area contributed by atoms with Crippen molar-refractivity contribution in [1.29, 1.82) is 0 Å². The van der Waals surface area contributed by atoms with Gasteiger partial charge in [0.1, 0.15) is 5.82 Å². The van der Waals surface area contributed by atoms with Crippen LogP contribution in [-0.2, 0) is 0 Å². The van der Waals surface area contributed by atoms with E-state index in [1.807, 2.05) is 12.1 Å². The summed E-state index contributed by atoms with van der Waals surface area (Å²) in [6.45, 7) is 8.56. The first kappa shape index (κ1) is 14.3. The first-order valence-corrected chi connectivity index (χ1v) is 7.30. The summed E-state index contributed by atoms with van der Waals surface area (Å²) in [5, 5.41) is 0. The smallest absolute Gasteiger partial charge is 0.123 e. The van der Waals surface area contributed by atoms with E-state index in [1.165, 1.54) is 39.9 Å². The van der Waals surface area contributed by atoms with Crippen LogP contribution in [-0.4, -0.2) is 0 Å². The fourth-order valence-corrected chi connectivity index (χ4v) is 3.42. The van der Waals surface area contributed by atoms with Gasteiger partial charge in [-0.3, -0.25) is 0 Å². The van der Waals surface area contributed by atoms with E-state index in [-0.39, 0.29) is 10.6 Å². The van der Waals surface area contributed by atoms with Gasteiger partial charge >= 0.3 is 0 Å². The summed E-state index contributed by atoms with van der Waals surface area (Å²) >= 11 is 3.77. The van der Waals surface area contributed by atoms with Crippen LogP contribution in [0.5, 0.6) is 0 Å². The molecule has 100 valence electrons. The van der Waals surface area contributed by atoms with E-state index in [0.29, 0.717) is 0 Å². The quantitative estimate of drug-likeness (QED) is 0.637. The maximum atomic E-state index is 13.0. The Hall–Kier alpha value is -1.15. The second kappa shape index (κ2) is 5.46. The van der Waals surface area contributed by atoms with Crippen molar-refractivity contribution in [3.05, 3.63) is 69.5 Å². The lowest BCUT2D eigenvalue weighted by Crippen LogP contribution is -2.03. The number of hydrogen-bond acceptors (Lipinski definition) is 0. The van der Waals surface area contributed by atoms with Crippen LogP contribution < -0.4 is 0 Å². The Morgan fingerprint density at radius 3 is 1.84 bits per heavy atom. The van der Waals surface area contributed by atoms with Crippen LogP contribution in [0.15, 0.2) is 30.3 Å². The van der Waals surface area contributed by atoms with Crippen LogP contribution in [0.3, 0.4) is 0 Å². The zero-order chi connectivity index (χ0) is 14.2. The number of hydrogen-bond donors (Lipinski definition) is 0. The molecule has 2 heteroatoms. The molecule has 0 saturated carbocycles. The Labute approximate surface area is 122 Å². The average Bonchev–Trinajstić information content (AvgIpc) is 2.37. The summed E-state index contributed by atoms with van der Waals surface area (Å²) in [5.41, 5.74) is 7.57. The van der Waals surface area contributed by atoms with Gasteiger partial charge in [-0.2, -0.15) is 0 Å². The minimum absolute atomic E-state index is 0.103. The van der Waals surface area contributed by atoms with Gasteiger partial charge in [0.15, 0.2) is 0 Å². The first-order valence-electron chi connectivity index (χ1n) is 6.38. The third kappa shape index (κ3) is 2.74. The highest BCUT2D eigenvalue weighted by atomic mass is 79.9. The zero-order valence-electron chi connectivity index (χ0n) is 11.7. The second-order valence-electron chi connectivity index (χ2n) is 5.09. The molecule has 0 saturated heterocycles. The lowest BCUT2D eigenvalue weighted by atomic mass is 9.90. The summed E-state index contributed by atoms with van der Waals surface area (Å²) in [5.74, 6) is -0.197. The maximum absolute atomic E-state index is 13.0. The molecule has 0 N–H and O–H groups in total. The molecule has 0 aliphatic rings. The molecular formula is C17H18BrF.